The van der Waals surface area contributed by atoms with Crippen LogP contribution in [0.15, 0.2) is 23.0 Å². The van der Waals surface area contributed by atoms with Crippen molar-refractivity contribution in [3.05, 3.63) is 39.7 Å². The molecule has 1 unspecified atom stereocenters. The lowest BCUT2D eigenvalue weighted by atomic mass is 9.57. The summed E-state index contributed by atoms with van der Waals surface area (Å²) in [6, 6.07) is 0.472. The fourth-order valence-corrected chi connectivity index (χ4v) is 6.94. The lowest BCUT2D eigenvalue weighted by Crippen LogP contribution is -2.65. The largest absolute Gasteiger partial charge is 0.508 e. The third-order valence-electron chi connectivity index (χ3n) is 8.58. The van der Waals surface area contributed by atoms with Gasteiger partial charge >= 0.3 is 0 Å². The first-order chi connectivity index (χ1) is 17.4. The van der Waals surface area contributed by atoms with Gasteiger partial charge in [-0.25, -0.2) is 0 Å². The Bertz CT molecular complexity index is 1320. The number of carbonyl (C=O) groups is 3. The van der Waals surface area contributed by atoms with Crippen LogP contribution >= 0.6 is 0 Å². The summed E-state index contributed by atoms with van der Waals surface area (Å²) in [5.41, 5.74) is 4.29. The maximum atomic E-state index is 13.9. The second kappa shape index (κ2) is 8.30. The van der Waals surface area contributed by atoms with Gasteiger partial charge in [0.15, 0.2) is 11.4 Å². The van der Waals surface area contributed by atoms with Crippen LogP contribution < -0.4 is 16.0 Å². The highest BCUT2D eigenvalue weighted by molar-refractivity contribution is 6.24. The molecule has 0 aromatic heterocycles. The fourth-order valence-electron chi connectivity index (χ4n) is 6.94. The second-order valence-corrected chi connectivity index (χ2v) is 10.7. The number of carbonyl (C=O) groups excluding carboxylic acids is 3. The van der Waals surface area contributed by atoms with E-state index < -0.39 is 58.0 Å². The summed E-state index contributed by atoms with van der Waals surface area (Å²) in [5.74, 6) is -6.48. The zero-order valence-corrected chi connectivity index (χ0v) is 21.2. The molecular weight excluding hydrogens is 480 g/mol. The second-order valence-electron chi connectivity index (χ2n) is 10.7. The Kier molecular flexibility index (Phi) is 5.67. The molecule has 7 N–H and O–H groups in total. The molecule has 0 spiro atoms. The quantitative estimate of drug-likeness (QED) is 0.304. The van der Waals surface area contributed by atoms with E-state index in [-0.39, 0.29) is 35.8 Å². The Morgan fingerprint density at radius 1 is 1.24 bits per heavy atom. The number of amides is 1. The number of primary amides is 1. The lowest BCUT2D eigenvalue weighted by molar-refractivity contribution is -0.153. The average molecular weight is 513 g/mol. The number of rotatable bonds is 3. The van der Waals surface area contributed by atoms with Gasteiger partial charge in [0.05, 0.1) is 11.6 Å². The number of aromatic hydroxyl groups is 1. The van der Waals surface area contributed by atoms with Gasteiger partial charge in [-0.3, -0.25) is 19.3 Å². The number of fused-ring (bicyclic) bond motifs is 5. The molecular formula is C26H32N4O7. The smallest absolute Gasteiger partial charge is 0.255 e. The van der Waals surface area contributed by atoms with Crippen molar-refractivity contribution in [2.45, 2.75) is 36.9 Å². The van der Waals surface area contributed by atoms with E-state index in [9.17, 15) is 34.8 Å². The summed E-state index contributed by atoms with van der Waals surface area (Å²) in [4.78, 5) is 42.7. The molecule has 1 aliphatic heterocycles. The number of Topliss-reactive ketones (excluding diaryl/α,β-unsaturated/α-hetero) is 2. The number of hydrogen-bond donors (Lipinski definition) is 6. The van der Waals surface area contributed by atoms with Gasteiger partial charge in [-0.2, -0.15) is 0 Å². The van der Waals surface area contributed by atoms with Gasteiger partial charge < -0.3 is 36.4 Å². The average Bonchev–Trinajstić information content (AvgIpc) is 2.81. The number of phenols is 1. The number of aliphatic hydroxyl groups is 3. The van der Waals surface area contributed by atoms with Crippen molar-refractivity contribution >= 4 is 28.9 Å². The number of nitrogens with one attached hydrogen (secondary N) is 1. The van der Waals surface area contributed by atoms with Crippen molar-refractivity contribution in [1.29, 1.82) is 0 Å². The maximum absolute atomic E-state index is 13.9. The molecule has 0 saturated heterocycles. The number of ketones is 2. The van der Waals surface area contributed by atoms with Gasteiger partial charge in [0.2, 0.25) is 5.78 Å². The molecule has 1 fully saturated rings. The number of phenolic OH excluding ortho intramolecular Hbond substituents is 1. The number of anilines is 1. The zero-order valence-electron chi connectivity index (χ0n) is 21.2. The van der Waals surface area contributed by atoms with Crippen LogP contribution in [-0.4, -0.2) is 89.2 Å². The van der Waals surface area contributed by atoms with Crippen LogP contribution in [-0.2, 0) is 20.8 Å². The molecule has 11 nitrogen and oxygen atoms in total. The molecule has 1 heterocycles. The molecule has 4 aliphatic rings. The van der Waals surface area contributed by atoms with Gasteiger partial charge in [0.1, 0.15) is 22.8 Å². The molecule has 1 aromatic rings. The highest BCUT2D eigenvalue weighted by Crippen LogP contribution is 2.55. The van der Waals surface area contributed by atoms with Gasteiger partial charge in [0, 0.05) is 36.8 Å². The minimum absolute atomic E-state index is 0.00334. The standard InChI is InChI=1S/C26H32N4O7/c1-28-14-5-6-30(4)19-11(14)9-15(31)17-12(19)7-10-8-13-20(29(2)3)22(33)18(25(27)36)24(35)26(13,37)23(34)16(10)21(17)32/h9-10,13-14,20,28,31-32,35,37H,5-8H2,1-4H3,(H2,27,36)/t10-,13-,14?,20+,26+/m1/s1. The minimum atomic E-state index is -2.64. The lowest BCUT2D eigenvalue weighted by Gasteiger charge is -2.50. The van der Waals surface area contributed by atoms with Gasteiger partial charge in [0.25, 0.3) is 5.91 Å². The molecule has 1 aromatic carbocycles. The van der Waals surface area contributed by atoms with E-state index in [1.54, 1.807) is 20.2 Å². The van der Waals surface area contributed by atoms with Crippen LogP contribution in [0.4, 0.5) is 5.69 Å². The third kappa shape index (κ3) is 3.20. The van der Waals surface area contributed by atoms with E-state index in [0.717, 1.165) is 24.2 Å². The van der Waals surface area contributed by atoms with Crippen LogP contribution in [0.3, 0.4) is 0 Å². The van der Waals surface area contributed by atoms with E-state index >= 15 is 0 Å². The number of likely N-dealkylation sites (N-methyl/N-ethyl adjacent to an activating group) is 1. The van der Waals surface area contributed by atoms with Gasteiger partial charge in [-0.15, -0.1) is 0 Å². The van der Waals surface area contributed by atoms with Crippen molar-refractivity contribution < 1.29 is 34.8 Å². The number of nitrogens with two attached hydrogens (primary N) is 1. The fraction of sp³-hybridized carbons (Fsp3) is 0.500. The molecule has 5 rings (SSSR count). The summed E-state index contributed by atoms with van der Waals surface area (Å²) in [7, 11) is 6.93. The van der Waals surface area contributed by atoms with Crippen molar-refractivity contribution in [2.24, 2.45) is 17.6 Å². The van der Waals surface area contributed by atoms with E-state index in [4.69, 9.17) is 5.73 Å². The van der Waals surface area contributed by atoms with Crippen molar-refractivity contribution in [3.8, 4) is 5.75 Å². The van der Waals surface area contributed by atoms with Crippen molar-refractivity contribution in [1.82, 2.24) is 10.2 Å². The molecule has 5 atom stereocenters. The minimum Gasteiger partial charge on any atom is -0.508 e. The van der Waals surface area contributed by atoms with Gasteiger partial charge in [-0.1, -0.05) is 0 Å². The molecule has 198 valence electrons. The number of aliphatic hydroxyl groups excluding tert-OH is 2. The van der Waals surface area contributed by atoms with Crippen LogP contribution in [0.5, 0.6) is 5.75 Å². The van der Waals surface area contributed by atoms with E-state index in [2.05, 4.69) is 10.2 Å². The summed E-state index contributed by atoms with van der Waals surface area (Å²) < 4.78 is 0. The molecule has 37 heavy (non-hydrogen) atoms. The Hall–Kier alpha value is -3.41. The zero-order chi connectivity index (χ0) is 27.1. The first kappa shape index (κ1) is 25.2. The molecule has 0 bridgehead atoms. The molecule has 1 amide bonds. The highest BCUT2D eigenvalue weighted by Gasteiger charge is 2.64. The number of hydrogen-bond acceptors (Lipinski definition) is 10. The summed E-state index contributed by atoms with van der Waals surface area (Å²) in [5, 5.41) is 48.2. The van der Waals surface area contributed by atoms with Crippen LogP contribution in [0.25, 0.3) is 5.76 Å². The molecule has 11 heteroatoms. The predicted molar refractivity (Wildman–Crippen MR) is 134 cm³/mol. The topological polar surface area (TPSA) is 177 Å². The van der Waals surface area contributed by atoms with Crippen LogP contribution in [0.2, 0.25) is 0 Å². The summed E-state index contributed by atoms with van der Waals surface area (Å²) in [6.45, 7) is 0.741. The summed E-state index contributed by atoms with van der Waals surface area (Å²) in [6.07, 6.45) is 1.16. The Morgan fingerprint density at radius 3 is 2.51 bits per heavy atom. The first-order valence-corrected chi connectivity index (χ1v) is 12.3. The SMILES string of the molecule is CNC1CCN(C)c2c1cc(O)c1c2C[C@@H]2C[C@@H]3[C@H](N(C)C)C(=O)C(C(N)=O)=C(O)[C@@]3(O)C(=O)C2=C1O. The molecule has 0 radical (unpaired) electrons. The molecule has 1 saturated carbocycles. The van der Waals surface area contributed by atoms with Crippen molar-refractivity contribution in [3.63, 3.8) is 0 Å². The third-order valence-corrected chi connectivity index (χ3v) is 8.58. The van der Waals surface area contributed by atoms with E-state index in [0.29, 0.717) is 5.56 Å². The Labute approximate surface area is 213 Å². The Balaban J connectivity index is 1.75. The Morgan fingerprint density at radius 2 is 1.92 bits per heavy atom. The van der Waals surface area contributed by atoms with E-state index in [1.807, 2.05) is 14.1 Å². The van der Waals surface area contributed by atoms with Gasteiger partial charge in [-0.05, 0) is 63.5 Å². The van der Waals surface area contributed by atoms with Crippen molar-refractivity contribution in [2.75, 3.05) is 39.6 Å². The predicted octanol–water partition coefficient (Wildman–Crippen LogP) is 0.0644. The van der Waals surface area contributed by atoms with E-state index in [1.165, 1.54) is 4.90 Å². The van der Waals surface area contributed by atoms with Crippen LogP contribution in [0, 0.1) is 11.8 Å². The normalized spacial score (nSPS) is 31.2. The monoisotopic (exact) mass is 512 g/mol. The number of nitrogens with zero attached hydrogens (tertiary/aromatic N) is 2. The van der Waals surface area contributed by atoms with Crippen LogP contribution in [0.1, 0.15) is 35.6 Å². The highest BCUT2D eigenvalue weighted by atomic mass is 16.3. The summed E-state index contributed by atoms with van der Waals surface area (Å²) >= 11 is 0. The maximum Gasteiger partial charge on any atom is 0.255 e. The molecule has 3 aliphatic carbocycles. The number of benzene rings is 1. The first-order valence-electron chi connectivity index (χ1n) is 12.3.